The Labute approximate surface area is 114 Å². The number of H-pyrrole nitrogens is 2. The summed E-state index contributed by atoms with van der Waals surface area (Å²) >= 11 is 0. The van der Waals surface area contributed by atoms with Gasteiger partial charge in [-0.25, -0.2) is 0 Å². The molecule has 0 bridgehead atoms. The van der Waals surface area contributed by atoms with E-state index < -0.39 is 22.8 Å². The van der Waals surface area contributed by atoms with Crippen LogP contribution in [0.15, 0.2) is 27.8 Å². The summed E-state index contributed by atoms with van der Waals surface area (Å²) in [5, 5.41) is 10.5. The molecule has 1 aliphatic heterocycles. The van der Waals surface area contributed by atoms with E-state index in [9.17, 15) is 14.7 Å². The number of ether oxygens (including phenoxy) is 1. The van der Waals surface area contributed by atoms with Crippen molar-refractivity contribution in [1.29, 1.82) is 0 Å². The number of rotatable bonds is 2. The fourth-order valence-corrected chi connectivity index (χ4v) is 2.67. The zero-order chi connectivity index (χ0) is 14.3. The molecule has 1 saturated heterocycles. The third-order valence-electron chi connectivity index (χ3n) is 3.89. The van der Waals surface area contributed by atoms with E-state index in [-0.39, 0.29) is 0 Å². The van der Waals surface area contributed by atoms with Gasteiger partial charge >= 0.3 is 11.1 Å². The van der Waals surface area contributed by atoms with Crippen molar-refractivity contribution in [1.82, 2.24) is 9.97 Å². The lowest BCUT2D eigenvalue weighted by Crippen LogP contribution is -2.32. The van der Waals surface area contributed by atoms with Gasteiger partial charge in [-0.05, 0) is 37.5 Å². The fourth-order valence-electron chi connectivity index (χ4n) is 2.67. The molecule has 1 fully saturated rings. The second-order valence-electron chi connectivity index (χ2n) is 5.38. The van der Waals surface area contributed by atoms with Crippen LogP contribution in [0.4, 0.5) is 0 Å². The Hall–Kier alpha value is -1.92. The number of nitrogens with one attached hydrogen (secondary N) is 2. The van der Waals surface area contributed by atoms with Crippen molar-refractivity contribution in [3.05, 3.63) is 44.5 Å². The van der Waals surface area contributed by atoms with Gasteiger partial charge in [-0.1, -0.05) is 6.07 Å². The first kappa shape index (κ1) is 13.1. The maximum absolute atomic E-state index is 11.3. The zero-order valence-electron chi connectivity index (χ0n) is 11.1. The number of hydrogen-bond acceptors (Lipinski definition) is 4. The Morgan fingerprint density at radius 2 is 1.95 bits per heavy atom. The lowest BCUT2D eigenvalue weighted by molar-refractivity contribution is -0.0795. The minimum absolute atomic E-state index is 0.493. The van der Waals surface area contributed by atoms with Gasteiger partial charge < -0.3 is 19.8 Å². The molecule has 1 aliphatic rings. The summed E-state index contributed by atoms with van der Waals surface area (Å²) in [5.74, 6) is 0. The molecule has 0 aliphatic carbocycles. The molecule has 0 saturated carbocycles. The summed E-state index contributed by atoms with van der Waals surface area (Å²) in [4.78, 5) is 27.6. The Morgan fingerprint density at radius 1 is 1.25 bits per heavy atom. The van der Waals surface area contributed by atoms with Crippen molar-refractivity contribution >= 4 is 11.0 Å². The fraction of sp³-hybridized carbons (Fsp3) is 0.429. The van der Waals surface area contributed by atoms with Gasteiger partial charge in [-0.15, -0.1) is 0 Å². The van der Waals surface area contributed by atoms with E-state index in [2.05, 4.69) is 9.97 Å². The van der Waals surface area contributed by atoms with Crippen molar-refractivity contribution in [2.75, 3.05) is 6.61 Å². The van der Waals surface area contributed by atoms with Crippen LogP contribution < -0.4 is 11.1 Å². The van der Waals surface area contributed by atoms with E-state index in [0.29, 0.717) is 23.2 Å². The molecule has 6 nitrogen and oxygen atoms in total. The molecule has 6 heteroatoms. The van der Waals surface area contributed by atoms with Crippen LogP contribution in [-0.2, 0) is 4.74 Å². The van der Waals surface area contributed by atoms with Gasteiger partial charge in [-0.2, -0.15) is 0 Å². The van der Waals surface area contributed by atoms with Gasteiger partial charge in [0.25, 0.3) is 0 Å². The Bertz CT molecular complexity index is 756. The summed E-state index contributed by atoms with van der Waals surface area (Å²) in [6.45, 7) is 2.52. The predicted molar refractivity (Wildman–Crippen MR) is 73.7 cm³/mol. The number of aromatic nitrogens is 2. The average Bonchev–Trinajstić information content (AvgIpc) is 2.87. The first-order chi connectivity index (χ1) is 9.49. The standard InChI is InChI=1S/C14H16N2O4/c1-14(5-2-6-20-14)11(17)8-3-4-9-10(7-8)16-13(19)12(18)15-9/h3-4,7,11,17H,2,5-6H2,1H3,(H,15,18)(H,16,19). The molecule has 2 atom stereocenters. The molecule has 2 unspecified atom stereocenters. The van der Waals surface area contributed by atoms with E-state index >= 15 is 0 Å². The smallest absolute Gasteiger partial charge is 0.314 e. The van der Waals surface area contributed by atoms with Crippen molar-refractivity contribution in [2.24, 2.45) is 0 Å². The van der Waals surface area contributed by atoms with E-state index in [1.165, 1.54) is 0 Å². The Morgan fingerprint density at radius 3 is 2.60 bits per heavy atom. The molecule has 0 spiro atoms. The highest BCUT2D eigenvalue weighted by atomic mass is 16.5. The van der Waals surface area contributed by atoms with Crippen LogP contribution in [-0.4, -0.2) is 27.3 Å². The van der Waals surface area contributed by atoms with Crippen molar-refractivity contribution in [3.63, 3.8) is 0 Å². The summed E-state index contributed by atoms with van der Waals surface area (Å²) < 4.78 is 5.63. The van der Waals surface area contributed by atoms with E-state index in [1.807, 2.05) is 6.92 Å². The number of hydrogen-bond donors (Lipinski definition) is 3. The molecule has 1 aromatic heterocycles. The Balaban J connectivity index is 2.06. The molecule has 20 heavy (non-hydrogen) atoms. The molecular weight excluding hydrogens is 260 g/mol. The summed E-state index contributed by atoms with van der Waals surface area (Å²) in [6, 6.07) is 5.07. The van der Waals surface area contributed by atoms with Crippen LogP contribution in [0.1, 0.15) is 31.4 Å². The van der Waals surface area contributed by atoms with Crippen molar-refractivity contribution in [3.8, 4) is 0 Å². The van der Waals surface area contributed by atoms with Crippen LogP contribution in [0, 0.1) is 0 Å². The van der Waals surface area contributed by atoms with Crippen LogP contribution in [0.2, 0.25) is 0 Å². The minimum Gasteiger partial charge on any atom is -0.385 e. The van der Waals surface area contributed by atoms with Gasteiger partial charge in [-0.3, -0.25) is 9.59 Å². The number of benzene rings is 1. The highest BCUT2D eigenvalue weighted by Crippen LogP contribution is 2.37. The zero-order valence-corrected chi connectivity index (χ0v) is 11.1. The third-order valence-corrected chi connectivity index (χ3v) is 3.89. The lowest BCUT2D eigenvalue weighted by atomic mass is 9.90. The SMILES string of the molecule is CC1(C(O)c2ccc3[nH]c(=O)c(=O)[nH]c3c2)CCCO1. The molecular formula is C14H16N2O4. The van der Waals surface area contributed by atoms with Gasteiger partial charge in [0, 0.05) is 6.61 Å². The van der Waals surface area contributed by atoms with Crippen LogP contribution >= 0.6 is 0 Å². The summed E-state index contributed by atoms with van der Waals surface area (Å²) in [7, 11) is 0. The molecule has 1 aromatic carbocycles. The van der Waals surface area contributed by atoms with Crippen molar-refractivity contribution < 1.29 is 9.84 Å². The van der Waals surface area contributed by atoms with Crippen LogP contribution in [0.25, 0.3) is 11.0 Å². The van der Waals surface area contributed by atoms with Crippen LogP contribution in [0.3, 0.4) is 0 Å². The largest absolute Gasteiger partial charge is 0.385 e. The number of aliphatic hydroxyl groups is 1. The highest BCUT2D eigenvalue weighted by Gasteiger charge is 2.38. The van der Waals surface area contributed by atoms with Crippen molar-refractivity contribution in [2.45, 2.75) is 31.5 Å². The lowest BCUT2D eigenvalue weighted by Gasteiger charge is -2.29. The predicted octanol–water partition coefficient (Wildman–Crippen LogP) is 0.819. The molecule has 0 radical (unpaired) electrons. The first-order valence-corrected chi connectivity index (χ1v) is 6.58. The number of fused-ring (bicyclic) bond motifs is 1. The molecule has 0 amide bonds. The average molecular weight is 276 g/mol. The number of aliphatic hydroxyl groups excluding tert-OH is 1. The second kappa shape index (κ2) is 4.57. The molecule has 2 aromatic rings. The second-order valence-corrected chi connectivity index (χ2v) is 5.38. The van der Waals surface area contributed by atoms with E-state index in [0.717, 1.165) is 12.8 Å². The quantitative estimate of drug-likeness (QED) is 0.708. The molecule has 2 heterocycles. The minimum atomic E-state index is -0.773. The highest BCUT2D eigenvalue weighted by molar-refractivity contribution is 5.74. The summed E-state index contributed by atoms with van der Waals surface area (Å²) in [5.41, 5.74) is -0.305. The van der Waals surface area contributed by atoms with Gasteiger partial charge in [0.2, 0.25) is 0 Å². The Kier molecular flexibility index (Phi) is 2.99. The monoisotopic (exact) mass is 276 g/mol. The van der Waals surface area contributed by atoms with E-state index in [4.69, 9.17) is 4.74 Å². The maximum Gasteiger partial charge on any atom is 0.314 e. The first-order valence-electron chi connectivity index (χ1n) is 6.58. The van der Waals surface area contributed by atoms with Crippen LogP contribution in [0.5, 0.6) is 0 Å². The third kappa shape index (κ3) is 2.07. The van der Waals surface area contributed by atoms with Gasteiger partial charge in [0.1, 0.15) is 6.10 Å². The summed E-state index contributed by atoms with van der Waals surface area (Å²) in [6.07, 6.45) is 0.935. The maximum atomic E-state index is 11.3. The normalized spacial score (nSPS) is 24.1. The molecule has 3 rings (SSSR count). The van der Waals surface area contributed by atoms with Gasteiger partial charge in [0.15, 0.2) is 0 Å². The topological polar surface area (TPSA) is 95.2 Å². The molecule has 106 valence electrons. The van der Waals surface area contributed by atoms with E-state index in [1.54, 1.807) is 18.2 Å². The molecule has 3 N–H and O–H groups in total. The number of aromatic amines is 2. The van der Waals surface area contributed by atoms with Gasteiger partial charge in [0.05, 0.1) is 16.6 Å².